The Bertz CT molecular complexity index is 638. The summed E-state index contributed by atoms with van der Waals surface area (Å²) < 4.78 is 5.79. The molecular weight excluding hydrogens is 388 g/mol. The van der Waals surface area contributed by atoms with E-state index in [-0.39, 0.29) is 17.3 Å². The van der Waals surface area contributed by atoms with Gasteiger partial charge in [-0.3, -0.25) is 9.59 Å². The molecule has 0 radical (unpaired) electrons. The highest BCUT2D eigenvalue weighted by Gasteiger charge is 2.58. The Morgan fingerprint density at radius 3 is 2.50 bits per heavy atom. The van der Waals surface area contributed by atoms with E-state index in [4.69, 9.17) is 4.74 Å². The average molecular weight is 425 g/mol. The van der Waals surface area contributed by atoms with Gasteiger partial charge >= 0.3 is 5.97 Å². The fraction of sp³-hybridized carbons (Fsp3) is 0.826. The molecule has 1 saturated carbocycles. The largest absolute Gasteiger partial charge is 0.469 e. The number of Topliss-reactive ketones (excluding diaryl/α,β-unsaturated/α-hetero) is 1. The molecule has 2 aliphatic carbocycles. The third-order valence-electron chi connectivity index (χ3n) is 7.63. The Labute approximate surface area is 179 Å². The molecule has 1 aliphatic heterocycles. The van der Waals surface area contributed by atoms with Crippen LogP contribution in [0.5, 0.6) is 0 Å². The number of hydrogen-bond donors (Lipinski definition) is 0. The molecule has 0 aromatic carbocycles. The fourth-order valence-electron chi connectivity index (χ4n) is 6.00. The third-order valence-corrected chi connectivity index (χ3v) is 10.7. The molecule has 1 saturated heterocycles. The van der Waals surface area contributed by atoms with Crippen LogP contribution in [0.4, 0.5) is 0 Å². The Hall–Kier alpha value is -0.420. The second kappa shape index (κ2) is 8.75. The summed E-state index contributed by atoms with van der Waals surface area (Å²) in [5, 5.41) is 0. The molecule has 3 rings (SSSR count). The molecule has 5 heteroatoms. The maximum atomic E-state index is 12.8. The van der Waals surface area contributed by atoms with Gasteiger partial charge in [-0.05, 0) is 55.4 Å². The quantitative estimate of drug-likeness (QED) is 0.402. The van der Waals surface area contributed by atoms with Crippen molar-refractivity contribution in [1.29, 1.82) is 0 Å². The first-order chi connectivity index (χ1) is 13.2. The average Bonchev–Trinajstić information content (AvgIpc) is 3.19. The number of carbonyl (C=O) groups excluding carboxylic acids is 2. The van der Waals surface area contributed by atoms with Gasteiger partial charge in [0.05, 0.1) is 17.1 Å². The van der Waals surface area contributed by atoms with Crippen LogP contribution in [0.25, 0.3) is 0 Å². The predicted octanol–water partition coefficient (Wildman–Crippen LogP) is 5.73. The molecule has 4 atom stereocenters. The van der Waals surface area contributed by atoms with Crippen LogP contribution in [0.2, 0.25) is 0 Å². The summed E-state index contributed by atoms with van der Waals surface area (Å²) in [5.74, 6) is 3.52. The highest BCUT2D eigenvalue weighted by Crippen LogP contribution is 2.63. The lowest BCUT2D eigenvalue weighted by Gasteiger charge is -2.57. The number of rotatable bonds is 6. The second-order valence-corrected chi connectivity index (χ2v) is 12.3. The predicted molar refractivity (Wildman–Crippen MR) is 120 cm³/mol. The van der Waals surface area contributed by atoms with Crippen molar-refractivity contribution in [3.05, 3.63) is 11.6 Å². The van der Waals surface area contributed by atoms with Gasteiger partial charge in [0.25, 0.3) is 0 Å². The number of allylic oxidation sites excluding steroid dienone is 1. The number of hydrogen-bond acceptors (Lipinski definition) is 5. The summed E-state index contributed by atoms with van der Waals surface area (Å²) in [6, 6.07) is 0. The summed E-state index contributed by atoms with van der Waals surface area (Å²) in [5.41, 5.74) is 1.20. The molecule has 3 aliphatic rings. The molecule has 2 fully saturated rings. The zero-order valence-electron chi connectivity index (χ0n) is 18.1. The van der Waals surface area contributed by atoms with Gasteiger partial charge in [0.1, 0.15) is 5.78 Å². The van der Waals surface area contributed by atoms with Crippen molar-refractivity contribution < 1.29 is 14.3 Å². The standard InChI is InChI=1S/C23H36O3S2/c1-15(2)18(24)9-8-17-16(20-27-13-14-28-20)7-10-19-22(17,3)11-6-12-23(19,4)21(25)26-5/h7,15,17,19-20H,6,8-14H2,1-5H3/t17?,19?,22-,23-/m1/s1. The SMILES string of the molecule is COC(=O)[C@]1(C)CCC[C@]2(C)C(CCC(=O)C(C)C)C(C3SCCS3)=CCC21. The lowest BCUT2D eigenvalue weighted by molar-refractivity contribution is -0.166. The molecule has 28 heavy (non-hydrogen) atoms. The Morgan fingerprint density at radius 1 is 1.21 bits per heavy atom. The van der Waals surface area contributed by atoms with Crippen LogP contribution in [0.1, 0.15) is 66.2 Å². The Balaban J connectivity index is 1.95. The van der Waals surface area contributed by atoms with Crippen LogP contribution in [-0.4, -0.2) is 35.0 Å². The number of ether oxygens (including phenoxy) is 1. The minimum Gasteiger partial charge on any atom is -0.469 e. The monoisotopic (exact) mass is 424 g/mol. The number of methoxy groups -OCH3 is 1. The van der Waals surface area contributed by atoms with Crippen molar-refractivity contribution in [1.82, 2.24) is 0 Å². The van der Waals surface area contributed by atoms with Gasteiger partial charge in [0, 0.05) is 23.8 Å². The molecular formula is C23H36O3S2. The Kier molecular flexibility index (Phi) is 6.96. The number of esters is 1. The summed E-state index contributed by atoms with van der Waals surface area (Å²) in [6.45, 7) is 8.53. The maximum absolute atomic E-state index is 12.8. The topological polar surface area (TPSA) is 43.4 Å². The van der Waals surface area contributed by atoms with Crippen LogP contribution in [-0.2, 0) is 14.3 Å². The van der Waals surface area contributed by atoms with E-state index in [1.54, 1.807) is 5.57 Å². The summed E-state index contributed by atoms with van der Waals surface area (Å²) in [4.78, 5) is 25.2. The van der Waals surface area contributed by atoms with E-state index < -0.39 is 5.41 Å². The van der Waals surface area contributed by atoms with Crippen molar-refractivity contribution in [2.24, 2.45) is 28.6 Å². The number of fused-ring (bicyclic) bond motifs is 1. The highest BCUT2D eigenvalue weighted by molar-refractivity contribution is 8.20. The van der Waals surface area contributed by atoms with Crippen LogP contribution in [0.15, 0.2) is 11.6 Å². The molecule has 0 amide bonds. The molecule has 0 bridgehead atoms. The van der Waals surface area contributed by atoms with Crippen LogP contribution in [0, 0.1) is 28.6 Å². The van der Waals surface area contributed by atoms with Gasteiger partial charge in [-0.1, -0.05) is 33.3 Å². The minimum atomic E-state index is -0.417. The lowest BCUT2D eigenvalue weighted by atomic mass is 9.47. The van der Waals surface area contributed by atoms with E-state index in [1.165, 1.54) is 18.6 Å². The third kappa shape index (κ3) is 3.95. The molecule has 0 N–H and O–H groups in total. The Morgan fingerprint density at radius 2 is 1.89 bits per heavy atom. The lowest BCUT2D eigenvalue weighted by Crippen LogP contribution is -2.53. The molecule has 0 aromatic heterocycles. The smallest absolute Gasteiger partial charge is 0.311 e. The van der Waals surface area contributed by atoms with Crippen molar-refractivity contribution >= 4 is 35.3 Å². The van der Waals surface area contributed by atoms with Gasteiger partial charge < -0.3 is 4.74 Å². The van der Waals surface area contributed by atoms with Gasteiger partial charge in [-0.2, -0.15) is 0 Å². The van der Waals surface area contributed by atoms with Crippen LogP contribution < -0.4 is 0 Å². The summed E-state index contributed by atoms with van der Waals surface area (Å²) >= 11 is 4.12. The second-order valence-electron chi connectivity index (χ2n) is 9.55. The molecule has 2 unspecified atom stereocenters. The number of thioether (sulfide) groups is 2. The van der Waals surface area contributed by atoms with E-state index in [9.17, 15) is 9.59 Å². The summed E-state index contributed by atoms with van der Waals surface area (Å²) in [7, 11) is 1.52. The molecule has 3 nitrogen and oxygen atoms in total. The van der Waals surface area contributed by atoms with Crippen molar-refractivity contribution in [3.8, 4) is 0 Å². The van der Waals surface area contributed by atoms with Gasteiger partial charge in [0.2, 0.25) is 0 Å². The number of carbonyl (C=O) groups is 2. The highest BCUT2D eigenvalue weighted by atomic mass is 32.2. The molecule has 0 spiro atoms. The van der Waals surface area contributed by atoms with Crippen molar-refractivity contribution in [2.75, 3.05) is 18.6 Å². The van der Waals surface area contributed by atoms with Gasteiger partial charge in [-0.25, -0.2) is 0 Å². The maximum Gasteiger partial charge on any atom is 0.311 e. The van der Waals surface area contributed by atoms with E-state index in [2.05, 4.69) is 43.4 Å². The minimum absolute atomic E-state index is 0.0538. The van der Waals surface area contributed by atoms with Crippen LogP contribution in [0.3, 0.4) is 0 Å². The van der Waals surface area contributed by atoms with Crippen LogP contribution >= 0.6 is 23.5 Å². The first kappa shape index (κ1) is 22.3. The van der Waals surface area contributed by atoms with Gasteiger partial charge in [0.15, 0.2) is 0 Å². The first-order valence-corrected chi connectivity index (χ1v) is 12.9. The molecule has 0 aromatic rings. The zero-order chi connectivity index (χ0) is 20.5. The number of ketones is 1. The van der Waals surface area contributed by atoms with Crippen molar-refractivity contribution in [3.63, 3.8) is 0 Å². The van der Waals surface area contributed by atoms with E-state index in [0.29, 0.717) is 28.6 Å². The fourth-order valence-corrected chi connectivity index (χ4v) is 9.06. The first-order valence-electron chi connectivity index (χ1n) is 10.8. The van der Waals surface area contributed by atoms with E-state index >= 15 is 0 Å². The summed E-state index contributed by atoms with van der Waals surface area (Å²) in [6.07, 6.45) is 8.09. The normalized spacial score (nSPS) is 36.1. The molecule has 1 heterocycles. The zero-order valence-corrected chi connectivity index (χ0v) is 19.7. The molecule has 158 valence electrons. The van der Waals surface area contributed by atoms with Gasteiger partial charge in [-0.15, -0.1) is 23.5 Å². The van der Waals surface area contributed by atoms with Crippen molar-refractivity contribution in [2.45, 2.75) is 70.8 Å². The van der Waals surface area contributed by atoms with E-state index in [0.717, 1.165) is 32.1 Å². The van der Waals surface area contributed by atoms with E-state index in [1.807, 2.05) is 13.8 Å².